The minimum absolute atomic E-state index is 0.322. The van der Waals surface area contributed by atoms with E-state index in [9.17, 15) is 0 Å². The van der Waals surface area contributed by atoms with Crippen LogP contribution in [0.3, 0.4) is 0 Å². The highest BCUT2D eigenvalue weighted by Crippen LogP contribution is 2.37. The molecule has 0 saturated carbocycles. The molecule has 56 valence electrons. The Bertz CT molecular complexity index is 182. The molecule has 0 aliphatic heterocycles. The zero-order valence-corrected chi connectivity index (χ0v) is 7.20. The summed E-state index contributed by atoms with van der Waals surface area (Å²) in [5.74, 6) is 0. The van der Waals surface area contributed by atoms with Gasteiger partial charge in [0.25, 0.3) is 0 Å². The molecule has 0 bridgehead atoms. The Morgan fingerprint density at radius 1 is 1.70 bits per heavy atom. The van der Waals surface area contributed by atoms with Crippen molar-refractivity contribution in [3.05, 3.63) is 23.8 Å². The van der Waals surface area contributed by atoms with E-state index in [1.807, 2.05) is 0 Å². The molecule has 0 amide bonds. The molecule has 10 heavy (non-hydrogen) atoms. The zero-order chi connectivity index (χ0) is 7.78. The molecule has 0 spiro atoms. The van der Waals surface area contributed by atoms with Crippen molar-refractivity contribution >= 4 is 0 Å². The summed E-state index contributed by atoms with van der Waals surface area (Å²) in [6, 6.07) is 0. The third-order valence-electron chi connectivity index (χ3n) is 2.32. The number of rotatable bonds is 3. The maximum atomic E-state index is 3.98. The van der Waals surface area contributed by atoms with Gasteiger partial charge in [0.1, 0.15) is 0 Å². The van der Waals surface area contributed by atoms with Crippen LogP contribution >= 0.6 is 0 Å². The predicted octanol–water partition coefficient (Wildman–Crippen LogP) is 3.31. The van der Waals surface area contributed by atoms with Crippen molar-refractivity contribution in [2.45, 2.75) is 33.6 Å². The number of allylic oxidation sites excluding steroid dienone is 3. The van der Waals surface area contributed by atoms with Crippen LogP contribution < -0.4 is 0 Å². The highest BCUT2D eigenvalue weighted by molar-refractivity contribution is 5.25. The van der Waals surface area contributed by atoms with Crippen LogP contribution in [-0.2, 0) is 0 Å². The van der Waals surface area contributed by atoms with Crippen molar-refractivity contribution in [3.8, 4) is 0 Å². The second-order valence-corrected chi connectivity index (χ2v) is 3.91. The molecule has 0 nitrogen and oxygen atoms in total. The molecule has 1 aliphatic carbocycles. The number of hydrogen-bond donors (Lipinski definition) is 0. The monoisotopic (exact) mass is 136 g/mol. The largest absolute Gasteiger partial charge is 0.0996 e. The first-order chi connectivity index (χ1) is 4.52. The lowest BCUT2D eigenvalue weighted by Crippen LogP contribution is -2.11. The van der Waals surface area contributed by atoms with Crippen molar-refractivity contribution in [3.63, 3.8) is 0 Å². The summed E-state index contributed by atoms with van der Waals surface area (Å²) in [7, 11) is 0. The molecule has 0 aromatic rings. The maximum absolute atomic E-state index is 3.98. The highest BCUT2D eigenvalue weighted by Gasteiger charge is 2.22. The predicted molar refractivity (Wildman–Crippen MR) is 45.9 cm³/mol. The highest BCUT2D eigenvalue weighted by atomic mass is 14.3. The van der Waals surface area contributed by atoms with E-state index in [2.05, 4.69) is 33.4 Å². The topological polar surface area (TPSA) is 0 Å². The molecule has 0 radical (unpaired) electrons. The SMILES string of the molecule is C=C(C)C(C)(C)CC1=CC1. The van der Waals surface area contributed by atoms with E-state index in [-0.39, 0.29) is 0 Å². The Balaban J connectivity index is 2.49. The Kier molecular flexibility index (Phi) is 1.72. The van der Waals surface area contributed by atoms with Crippen LogP contribution in [0, 0.1) is 5.41 Å². The van der Waals surface area contributed by atoms with E-state index in [0.29, 0.717) is 5.41 Å². The molecule has 1 aliphatic rings. The standard InChI is InChI=1S/C10H16/c1-8(2)10(3,4)7-9-5-6-9/h5H,1,6-7H2,2-4H3. The van der Waals surface area contributed by atoms with Crippen LogP contribution in [0.1, 0.15) is 33.6 Å². The van der Waals surface area contributed by atoms with Gasteiger partial charge in [0.05, 0.1) is 0 Å². The van der Waals surface area contributed by atoms with Gasteiger partial charge >= 0.3 is 0 Å². The van der Waals surface area contributed by atoms with Gasteiger partial charge in [-0.1, -0.05) is 37.6 Å². The van der Waals surface area contributed by atoms with E-state index >= 15 is 0 Å². The van der Waals surface area contributed by atoms with Gasteiger partial charge in [-0.2, -0.15) is 0 Å². The Morgan fingerprint density at radius 3 is 2.50 bits per heavy atom. The van der Waals surface area contributed by atoms with Crippen molar-refractivity contribution in [1.82, 2.24) is 0 Å². The molecule has 0 aromatic carbocycles. The molecule has 0 unspecified atom stereocenters. The van der Waals surface area contributed by atoms with Gasteiger partial charge in [0.2, 0.25) is 0 Å². The lowest BCUT2D eigenvalue weighted by atomic mass is 9.82. The summed E-state index contributed by atoms with van der Waals surface area (Å²) in [6.07, 6.45) is 4.75. The van der Waals surface area contributed by atoms with Gasteiger partial charge in [0, 0.05) is 0 Å². The van der Waals surface area contributed by atoms with Crippen LogP contribution in [0.25, 0.3) is 0 Å². The summed E-state index contributed by atoms with van der Waals surface area (Å²) in [5, 5.41) is 0. The Morgan fingerprint density at radius 2 is 2.20 bits per heavy atom. The summed E-state index contributed by atoms with van der Waals surface area (Å²) < 4.78 is 0. The average molecular weight is 136 g/mol. The fourth-order valence-corrected chi connectivity index (χ4v) is 0.935. The molecule has 0 N–H and O–H groups in total. The Hall–Kier alpha value is -0.520. The third-order valence-corrected chi connectivity index (χ3v) is 2.32. The van der Waals surface area contributed by atoms with Crippen molar-refractivity contribution in [2.24, 2.45) is 5.41 Å². The first kappa shape index (κ1) is 7.59. The first-order valence-electron chi connectivity index (χ1n) is 3.86. The first-order valence-corrected chi connectivity index (χ1v) is 3.86. The lowest BCUT2D eigenvalue weighted by molar-refractivity contribution is 0.448. The molecule has 0 atom stereocenters. The normalized spacial score (nSPS) is 16.5. The molecule has 0 saturated heterocycles. The summed E-state index contributed by atoms with van der Waals surface area (Å²) in [5.41, 5.74) is 3.22. The van der Waals surface area contributed by atoms with Gasteiger partial charge in [0.15, 0.2) is 0 Å². The summed E-state index contributed by atoms with van der Waals surface area (Å²) in [6.45, 7) is 10.6. The fourth-order valence-electron chi connectivity index (χ4n) is 0.935. The number of hydrogen-bond acceptors (Lipinski definition) is 0. The van der Waals surface area contributed by atoms with Crippen LogP contribution in [0.15, 0.2) is 23.8 Å². The van der Waals surface area contributed by atoms with Gasteiger partial charge in [-0.15, -0.1) is 0 Å². The molecule has 0 heterocycles. The molecule has 1 rings (SSSR count). The third kappa shape index (κ3) is 1.73. The quantitative estimate of drug-likeness (QED) is 0.522. The average Bonchev–Trinajstić information content (AvgIpc) is 2.48. The maximum Gasteiger partial charge on any atom is -0.0113 e. The minimum Gasteiger partial charge on any atom is -0.0996 e. The van der Waals surface area contributed by atoms with Crippen molar-refractivity contribution in [2.75, 3.05) is 0 Å². The fraction of sp³-hybridized carbons (Fsp3) is 0.600. The molecule has 0 aromatic heterocycles. The van der Waals surface area contributed by atoms with Crippen molar-refractivity contribution < 1.29 is 0 Å². The molecular weight excluding hydrogens is 120 g/mol. The Labute approximate surface area is 63.6 Å². The smallest absolute Gasteiger partial charge is 0.0113 e. The molecular formula is C10H16. The second kappa shape index (κ2) is 2.26. The van der Waals surface area contributed by atoms with Crippen molar-refractivity contribution in [1.29, 1.82) is 0 Å². The summed E-state index contributed by atoms with van der Waals surface area (Å²) in [4.78, 5) is 0. The van der Waals surface area contributed by atoms with Crippen LogP contribution in [0.2, 0.25) is 0 Å². The molecule has 0 fully saturated rings. The van der Waals surface area contributed by atoms with E-state index in [4.69, 9.17) is 0 Å². The van der Waals surface area contributed by atoms with Crippen LogP contribution in [0.4, 0.5) is 0 Å². The molecule has 0 heteroatoms. The summed E-state index contributed by atoms with van der Waals surface area (Å²) >= 11 is 0. The van der Waals surface area contributed by atoms with Gasteiger partial charge in [-0.3, -0.25) is 0 Å². The zero-order valence-electron chi connectivity index (χ0n) is 7.20. The lowest BCUT2D eigenvalue weighted by Gasteiger charge is -2.23. The van der Waals surface area contributed by atoms with E-state index in [1.165, 1.54) is 18.4 Å². The van der Waals surface area contributed by atoms with E-state index < -0.39 is 0 Å². The van der Waals surface area contributed by atoms with Crippen LogP contribution in [-0.4, -0.2) is 0 Å². The van der Waals surface area contributed by atoms with Crippen LogP contribution in [0.5, 0.6) is 0 Å². The van der Waals surface area contributed by atoms with E-state index in [0.717, 1.165) is 0 Å². The van der Waals surface area contributed by atoms with Gasteiger partial charge < -0.3 is 0 Å². The minimum atomic E-state index is 0.322. The van der Waals surface area contributed by atoms with Gasteiger partial charge in [-0.25, -0.2) is 0 Å². The second-order valence-electron chi connectivity index (χ2n) is 3.91. The van der Waals surface area contributed by atoms with Gasteiger partial charge in [-0.05, 0) is 25.2 Å². The van der Waals surface area contributed by atoms with E-state index in [1.54, 1.807) is 5.57 Å².